The molecule has 0 radical (unpaired) electrons. The number of carbonyl (C=O) groups excluding carboxylic acids is 1. The number of sulfonamides is 1. The van der Waals surface area contributed by atoms with Gasteiger partial charge in [0.1, 0.15) is 4.90 Å². The Morgan fingerprint density at radius 1 is 1.15 bits per heavy atom. The molecule has 1 aliphatic rings. The lowest BCUT2D eigenvalue weighted by Gasteiger charge is -2.17. The molecule has 1 N–H and O–H groups in total. The van der Waals surface area contributed by atoms with Crippen molar-refractivity contribution < 1.29 is 13.2 Å². The van der Waals surface area contributed by atoms with E-state index in [4.69, 9.17) is 11.6 Å². The summed E-state index contributed by atoms with van der Waals surface area (Å²) in [6.07, 6.45) is 1.68. The monoisotopic (exact) mass is 406 g/mol. The molecule has 0 aromatic heterocycles. The zero-order valence-electron chi connectivity index (χ0n) is 15.2. The summed E-state index contributed by atoms with van der Waals surface area (Å²) in [6, 6.07) is 14.3. The van der Waals surface area contributed by atoms with Crippen LogP contribution in [0.2, 0.25) is 5.02 Å². The third-order valence-corrected chi connectivity index (χ3v) is 7.19. The van der Waals surface area contributed by atoms with Crippen molar-refractivity contribution in [1.82, 2.24) is 9.62 Å². The van der Waals surface area contributed by atoms with E-state index in [1.165, 1.54) is 16.4 Å². The summed E-state index contributed by atoms with van der Waals surface area (Å²) in [6.45, 7) is 3.47. The molecule has 5 nitrogen and oxygen atoms in total. The maximum atomic E-state index is 12.8. The van der Waals surface area contributed by atoms with Gasteiger partial charge in [-0.05, 0) is 42.5 Å². The minimum atomic E-state index is -3.68. The minimum absolute atomic E-state index is 0.00479. The highest BCUT2D eigenvalue weighted by atomic mass is 35.5. The summed E-state index contributed by atoms with van der Waals surface area (Å²) in [4.78, 5) is 12.5. The molecule has 144 valence electrons. The Hall–Kier alpha value is -1.89. The highest BCUT2D eigenvalue weighted by Crippen LogP contribution is 2.28. The number of nitrogens with one attached hydrogen (secondary N) is 1. The number of hydrogen-bond acceptors (Lipinski definition) is 3. The number of halogens is 1. The number of amides is 1. The predicted octanol–water partition coefficient (Wildman–Crippen LogP) is 3.66. The third kappa shape index (κ3) is 4.51. The van der Waals surface area contributed by atoms with Gasteiger partial charge in [-0.15, -0.1) is 0 Å². The van der Waals surface area contributed by atoms with Crippen molar-refractivity contribution >= 4 is 27.5 Å². The normalized spacial score (nSPS) is 16.2. The fourth-order valence-electron chi connectivity index (χ4n) is 3.16. The van der Waals surface area contributed by atoms with E-state index in [0.29, 0.717) is 19.6 Å². The van der Waals surface area contributed by atoms with E-state index < -0.39 is 10.0 Å². The second-order valence-electron chi connectivity index (χ2n) is 6.78. The van der Waals surface area contributed by atoms with Crippen LogP contribution < -0.4 is 5.32 Å². The molecule has 1 saturated heterocycles. The average molecular weight is 407 g/mol. The van der Waals surface area contributed by atoms with Crippen molar-refractivity contribution in [2.45, 2.75) is 30.6 Å². The Balaban J connectivity index is 1.74. The zero-order valence-corrected chi connectivity index (χ0v) is 16.8. The molecule has 1 fully saturated rings. The van der Waals surface area contributed by atoms with Gasteiger partial charge in [-0.2, -0.15) is 4.31 Å². The first-order chi connectivity index (χ1) is 12.9. The average Bonchev–Trinajstić information content (AvgIpc) is 3.22. The van der Waals surface area contributed by atoms with Gasteiger partial charge in [0.25, 0.3) is 5.91 Å². The Bertz CT molecular complexity index is 910. The van der Waals surface area contributed by atoms with E-state index >= 15 is 0 Å². The van der Waals surface area contributed by atoms with Gasteiger partial charge in [0.05, 0.1) is 5.02 Å². The van der Waals surface area contributed by atoms with E-state index in [1.807, 2.05) is 37.3 Å². The summed E-state index contributed by atoms with van der Waals surface area (Å²) in [5.41, 5.74) is 1.42. The molecular weight excluding hydrogens is 384 g/mol. The number of carbonyl (C=O) groups is 1. The van der Waals surface area contributed by atoms with Gasteiger partial charge < -0.3 is 5.32 Å². The maximum Gasteiger partial charge on any atom is 0.251 e. The van der Waals surface area contributed by atoms with Crippen molar-refractivity contribution in [3.8, 4) is 0 Å². The Morgan fingerprint density at radius 3 is 2.48 bits per heavy atom. The van der Waals surface area contributed by atoms with E-state index in [-0.39, 0.29) is 27.3 Å². The SMILES string of the molecule is C[C@H](CNC(=O)c1ccc(Cl)c(S(=O)(=O)N2CCCC2)c1)c1ccccc1. The fraction of sp³-hybridized carbons (Fsp3) is 0.350. The van der Waals surface area contributed by atoms with Gasteiger partial charge in [0.15, 0.2) is 0 Å². The smallest absolute Gasteiger partial charge is 0.251 e. The van der Waals surface area contributed by atoms with Crippen molar-refractivity contribution in [3.63, 3.8) is 0 Å². The van der Waals surface area contributed by atoms with E-state index in [0.717, 1.165) is 18.4 Å². The molecule has 0 aliphatic carbocycles. The summed E-state index contributed by atoms with van der Waals surface area (Å²) in [5, 5.41) is 3.01. The minimum Gasteiger partial charge on any atom is -0.351 e. The van der Waals surface area contributed by atoms with Crippen LogP contribution in [0.1, 0.15) is 41.6 Å². The summed E-state index contributed by atoms with van der Waals surface area (Å²) >= 11 is 6.13. The molecule has 2 aromatic rings. The van der Waals surface area contributed by atoms with Crippen LogP contribution in [-0.2, 0) is 10.0 Å². The van der Waals surface area contributed by atoms with Gasteiger partial charge in [-0.1, -0.05) is 48.9 Å². The van der Waals surface area contributed by atoms with Crippen LogP contribution in [-0.4, -0.2) is 38.3 Å². The molecule has 1 amide bonds. The van der Waals surface area contributed by atoms with Crippen LogP contribution in [0.15, 0.2) is 53.4 Å². The van der Waals surface area contributed by atoms with Crippen LogP contribution >= 0.6 is 11.6 Å². The van der Waals surface area contributed by atoms with Crippen molar-refractivity contribution in [2.24, 2.45) is 0 Å². The second kappa shape index (κ2) is 8.42. The lowest BCUT2D eigenvalue weighted by Crippen LogP contribution is -2.30. The molecule has 0 bridgehead atoms. The molecule has 1 atom stereocenters. The molecule has 2 aromatic carbocycles. The van der Waals surface area contributed by atoms with Crippen molar-refractivity contribution in [2.75, 3.05) is 19.6 Å². The summed E-state index contributed by atoms with van der Waals surface area (Å²) < 4.78 is 27.0. The standard InChI is InChI=1S/C20H23ClN2O3S/c1-15(16-7-3-2-4-8-16)14-22-20(24)17-9-10-18(21)19(13-17)27(25,26)23-11-5-6-12-23/h2-4,7-10,13,15H,5-6,11-12,14H2,1H3,(H,22,24)/t15-/m1/s1. The van der Waals surface area contributed by atoms with Gasteiger partial charge in [-0.3, -0.25) is 4.79 Å². The number of benzene rings is 2. The van der Waals surface area contributed by atoms with Gasteiger partial charge in [0.2, 0.25) is 10.0 Å². The quantitative estimate of drug-likeness (QED) is 0.796. The highest BCUT2D eigenvalue weighted by Gasteiger charge is 2.29. The Morgan fingerprint density at radius 2 is 1.81 bits per heavy atom. The highest BCUT2D eigenvalue weighted by molar-refractivity contribution is 7.89. The predicted molar refractivity (Wildman–Crippen MR) is 107 cm³/mol. The van der Waals surface area contributed by atoms with Crippen LogP contribution in [0, 0.1) is 0 Å². The van der Waals surface area contributed by atoms with Gasteiger partial charge in [-0.25, -0.2) is 8.42 Å². The molecule has 27 heavy (non-hydrogen) atoms. The lowest BCUT2D eigenvalue weighted by atomic mass is 10.0. The summed E-state index contributed by atoms with van der Waals surface area (Å²) in [5.74, 6) is -0.164. The lowest BCUT2D eigenvalue weighted by molar-refractivity contribution is 0.0951. The third-order valence-electron chi connectivity index (χ3n) is 4.81. The first kappa shape index (κ1) is 19.9. The van der Waals surface area contributed by atoms with E-state index in [2.05, 4.69) is 5.32 Å². The molecular formula is C20H23ClN2O3S. The van der Waals surface area contributed by atoms with Crippen molar-refractivity contribution in [1.29, 1.82) is 0 Å². The topological polar surface area (TPSA) is 66.5 Å². The number of rotatable bonds is 6. The van der Waals surface area contributed by atoms with Crippen LogP contribution in [0.5, 0.6) is 0 Å². The molecule has 7 heteroatoms. The first-order valence-corrected chi connectivity index (χ1v) is 10.8. The van der Waals surface area contributed by atoms with Crippen LogP contribution in [0.4, 0.5) is 0 Å². The Labute approximate surface area is 165 Å². The maximum absolute atomic E-state index is 12.8. The van der Waals surface area contributed by atoms with E-state index in [1.54, 1.807) is 6.07 Å². The summed E-state index contributed by atoms with van der Waals surface area (Å²) in [7, 11) is -3.68. The zero-order chi connectivity index (χ0) is 19.4. The fourth-order valence-corrected chi connectivity index (χ4v) is 5.17. The molecule has 0 unspecified atom stereocenters. The van der Waals surface area contributed by atoms with Gasteiger partial charge >= 0.3 is 0 Å². The number of nitrogens with zero attached hydrogens (tertiary/aromatic N) is 1. The molecule has 0 saturated carbocycles. The number of hydrogen-bond donors (Lipinski definition) is 1. The van der Waals surface area contributed by atoms with Gasteiger partial charge in [0, 0.05) is 25.2 Å². The molecule has 1 heterocycles. The molecule has 1 aliphatic heterocycles. The Kier molecular flexibility index (Phi) is 6.19. The van der Waals surface area contributed by atoms with Crippen LogP contribution in [0.25, 0.3) is 0 Å². The van der Waals surface area contributed by atoms with Crippen LogP contribution in [0.3, 0.4) is 0 Å². The molecule has 3 rings (SSSR count). The first-order valence-electron chi connectivity index (χ1n) is 9.02. The van der Waals surface area contributed by atoms with Crippen molar-refractivity contribution in [3.05, 3.63) is 64.7 Å². The largest absolute Gasteiger partial charge is 0.351 e. The molecule has 0 spiro atoms. The van der Waals surface area contributed by atoms with E-state index in [9.17, 15) is 13.2 Å². The second-order valence-corrected chi connectivity index (χ2v) is 9.09.